The highest BCUT2D eigenvalue weighted by atomic mass is 16.5. The summed E-state index contributed by atoms with van der Waals surface area (Å²) in [6.45, 7) is 5.35. The summed E-state index contributed by atoms with van der Waals surface area (Å²) >= 11 is 0. The minimum Gasteiger partial charge on any atom is -0.381 e. The van der Waals surface area contributed by atoms with Gasteiger partial charge in [0.2, 0.25) is 0 Å². The SMILES string of the molecule is CN(CC1CCOCC1)[C@H]1CCCN(c2ccccn2)C1. The van der Waals surface area contributed by atoms with Gasteiger partial charge in [0, 0.05) is 45.1 Å². The molecule has 116 valence electrons. The average Bonchev–Trinajstić information content (AvgIpc) is 2.57. The van der Waals surface area contributed by atoms with Crippen LogP contribution >= 0.6 is 0 Å². The van der Waals surface area contributed by atoms with Gasteiger partial charge in [0.1, 0.15) is 5.82 Å². The van der Waals surface area contributed by atoms with Crippen molar-refractivity contribution in [2.24, 2.45) is 5.92 Å². The van der Waals surface area contributed by atoms with Crippen molar-refractivity contribution in [3.05, 3.63) is 24.4 Å². The Hall–Kier alpha value is -1.13. The molecule has 21 heavy (non-hydrogen) atoms. The van der Waals surface area contributed by atoms with E-state index in [0.29, 0.717) is 6.04 Å². The fourth-order valence-corrected chi connectivity index (χ4v) is 3.55. The zero-order chi connectivity index (χ0) is 14.5. The molecule has 2 aliphatic rings. The van der Waals surface area contributed by atoms with E-state index in [0.717, 1.165) is 38.0 Å². The number of pyridine rings is 1. The molecule has 0 unspecified atom stereocenters. The minimum atomic E-state index is 0.656. The molecule has 0 aliphatic carbocycles. The summed E-state index contributed by atoms with van der Waals surface area (Å²) in [4.78, 5) is 9.52. The molecule has 0 saturated carbocycles. The molecule has 2 saturated heterocycles. The summed E-state index contributed by atoms with van der Waals surface area (Å²) < 4.78 is 5.47. The molecular formula is C17H27N3O. The van der Waals surface area contributed by atoms with Crippen molar-refractivity contribution < 1.29 is 4.74 Å². The number of nitrogens with zero attached hydrogens (tertiary/aromatic N) is 3. The second kappa shape index (κ2) is 7.23. The first kappa shape index (κ1) is 14.8. The van der Waals surface area contributed by atoms with Crippen molar-refractivity contribution in [3.8, 4) is 0 Å². The predicted molar refractivity (Wildman–Crippen MR) is 85.6 cm³/mol. The van der Waals surface area contributed by atoms with Crippen LogP contribution in [0.5, 0.6) is 0 Å². The van der Waals surface area contributed by atoms with Crippen LogP contribution in [0.15, 0.2) is 24.4 Å². The first-order chi connectivity index (χ1) is 10.3. The Bertz CT molecular complexity index is 419. The monoisotopic (exact) mass is 289 g/mol. The Morgan fingerprint density at radius 3 is 2.90 bits per heavy atom. The Balaban J connectivity index is 1.55. The standard InChI is InChI=1S/C17H27N3O/c1-19(13-15-7-11-21-12-8-15)16-5-4-10-20(14-16)17-6-2-3-9-18-17/h2-3,6,9,15-16H,4-5,7-8,10-14H2,1H3/t16-/m0/s1. The summed E-state index contributed by atoms with van der Waals surface area (Å²) in [5.41, 5.74) is 0. The van der Waals surface area contributed by atoms with Crippen LogP contribution in [0.1, 0.15) is 25.7 Å². The van der Waals surface area contributed by atoms with Gasteiger partial charge in [0.15, 0.2) is 0 Å². The highest BCUT2D eigenvalue weighted by molar-refractivity contribution is 5.38. The molecule has 3 rings (SSSR count). The van der Waals surface area contributed by atoms with Crippen molar-refractivity contribution in [2.45, 2.75) is 31.7 Å². The van der Waals surface area contributed by atoms with Crippen molar-refractivity contribution in [1.29, 1.82) is 0 Å². The first-order valence-electron chi connectivity index (χ1n) is 8.27. The molecule has 4 nitrogen and oxygen atoms in total. The third-order valence-corrected chi connectivity index (χ3v) is 4.88. The van der Waals surface area contributed by atoms with E-state index in [1.165, 1.54) is 32.2 Å². The molecule has 0 radical (unpaired) electrons. The van der Waals surface area contributed by atoms with E-state index in [4.69, 9.17) is 4.74 Å². The van der Waals surface area contributed by atoms with Gasteiger partial charge in [-0.3, -0.25) is 0 Å². The van der Waals surface area contributed by atoms with Crippen LogP contribution in [0.2, 0.25) is 0 Å². The van der Waals surface area contributed by atoms with E-state index in [1.807, 2.05) is 12.3 Å². The number of aromatic nitrogens is 1. The van der Waals surface area contributed by atoms with E-state index in [1.54, 1.807) is 0 Å². The zero-order valence-electron chi connectivity index (χ0n) is 13.1. The number of likely N-dealkylation sites (N-methyl/N-ethyl adjacent to an activating group) is 1. The van der Waals surface area contributed by atoms with Crippen LogP contribution in [0.3, 0.4) is 0 Å². The second-order valence-electron chi connectivity index (χ2n) is 6.43. The lowest BCUT2D eigenvalue weighted by atomic mass is 9.97. The minimum absolute atomic E-state index is 0.656. The average molecular weight is 289 g/mol. The fourth-order valence-electron chi connectivity index (χ4n) is 3.55. The van der Waals surface area contributed by atoms with Gasteiger partial charge < -0.3 is 14.5 Å². The van der Waals surface area contributed by atoms with Crippen LogP contribution in [0, 0.1) is 5.92 Å². The van der Waals surface area contributed by atoms with Crippen molar-refractivity contribution in [3.63, 3.8) is 0 Å². The number of anilines is 1. The molecule has 1 aromatic rings. The summed E-state index contributed by atoms with van der Waals surface area (Å²) in [7, 11) is 2.29. The molecule has 0 aromatic carbocycles. The Labute approximate surface area is 128 Å². The maximum Gasteiger partial charge on any atom is 0.128 e. The van der Waals surface area contributed by atoms with E-state index in [-0.39, 0.29) is 0 Å². The zero-order valence-corrected chi connectivity index (χ0v) is 13.1. The molecule has 0 spiro atoms. The van der Waals surface area contributed by atoms with Gasteiger partial charge in [-0.2, -0.15) is 0 Å². The van der Waals surface area contributed by atoms with E-state index >= 15 is 0 Å². The molecule has 4 heteroatoms. The number of hydrogen-bond acceptors (Lipinski definition) is 4. The lowest BCUT2D eigenvalue weighted by molar-refractivity contribution is 0.0492. The largest absolute Gasteiger partial charge is 0.381 e. The van der Waals surface area contributed by atoms with E-state index in [9.17, 15) is 0 Å². The molecule has 2 fully saturated rings. The summed E-state index contributed by atoms with van der Waals surface area (Å²) in [6.07, 6.45) is 6.91. The highest BCUT2D eigenvalue weighted by Crippen LogP contribution is 2.22. The Morgan fingerprint density at radius 1 is 1.29 bits per heavy atom. The van der Waals surface area contributed by atoms with E-state index in [2.05, 4.69) is 34.0 Å². The molecule has 0 amide bonds. The predicted octanol–water partition coefficient (Wildman–Crippen LogP) is 2.41. The summed E-state index contributed by atoms with van der Waals surface area (Å²) in [5, 5.41) is 0. The maximum absolute atomic E-state index is 5.47. The lowest BCUT2D eigenvalue weighted by Gasteiger charge is -2.39. The normalized spacial score (nSPS) is 24.5. The van der Waals surface area contributed by atoms with Gasteiger partial charge in [0.25, 0.3) is 0 Å². The summed E-state index contributed by atoms with van der Waals surface area (Å²) in [5.74, 6) is 1.94. The third kappa shape index (κ3) is 3.95. The maximum atomic E-state index is 5.47. The van der Waals surface area contributed by atoms with Gasteiger partial charge in [-0.05, 0) is 50.8 Å². The van der Waals surface area contributed by atoms with Gasteiger partial charge >= 0.3 is 0 Å². The Morgan fingerprint density at radius 2 is 2.14 bits per heavy atom. The van der Waals surface area contributed by atoms with Gasteiger partial charge in [-0.1, -0.05) is 6.07 Å². The molecular weight excluding hydrogens is 262 g/mol. The van der Waals surface area contributed by atoms with Crippen molar-refractivity contribution in [2.75, 3.05) is 44.8 Å². The van der Waals surface area contributed by atoms with Crippen LogP contribution in [-0.2, 0) is 4.74 Å². The van der Waals surface area contributed by atoms with Gasteiger partial charge in [-0.15, -0.1) is 0 Å². The molecule has 1 atom stereocenters. The fraction of sp³-hybridized carbons (Fsp3) is 0.706. The summed E-state index contributed by atoms with van der Waals surface area (Å²) in [6, 6.07) is 6.85. The third-order valence-electron chi connectivity index (χ3n) is 4.88. The number of rotatable bonds is 4. The Kier molecular flexibility index (Phi) is 5.09. The number of ether oxygens (including phenoxy) is 1. The molecule has 2 aliphatic heterocycles. The van der Waals surface area contributed by atoms with Crippen LogP contribution in [-0.4, -0.2) is 55.8 Å². The van der Waals surface area contributed by atoms with E-state index < -0.39 is 0 Å². The van der Waals surface area contributed by atoms with Crippen LogP contribution in [0.25, 0.3) is 0 Å². The highest BCUT2D eigenvalue weighted by Gasteiger charge is 2.26. The van der Waals surface area contributed by atoms with Crippen molar-refractivity contribution in [1.82, 2.24) is 9.88 Å². The smallest absolute Gasteiger partial charge is 0.128 e. The van der Waals surface area contributed by atoms with Crippen molar-refractivity contribution >= 4 is 5.82 Å². The first-order valence-corrected chi connectivity index (χ1v) is 8.27. The molecule has 0 N–H and O–H groups in total. The van der Waals surface area contributed by atoms with Crippen LogP contribution in [0.4, 0.5) is 5.82 Å². The molecule has 3 heterocycles. The second-order valence-corrected chi connectivity index (χ2v) is 6.43. The number of hydrogen-bond donors (Lipinski definition) is 0. The topological polar surface area (TPSA) is 28.6 Å². The quantitative estimate of drug-likeness (QED) is 0.851. The number of piperidine rings is 1. The molecule has 0 bridgehead atoms. The van der Waals surface area contributed by atoms with Crippen LogP contribution < -0.4 is 4.90 Å². The van der Waals surface area contributed by atoms with Gasteiger partial charge in [0.05, 0.1) is 0 Å². The lowest BCUT2D eigenvalue weighted by Crippen LogP contribution is -2.48. The molecule has 1 aromatic heterocycles. The van der Waals surface area contributed by atoms with Gasteiger partial charge in [-0.25, -0.2) is 4.98 Å².